The van der Waals surface area contributed by atoms with Gasteiger partial charge in [-0.25, -0.2) is 0 Å². The summed E-state index contributed by atoms with van der Waals surface area (Å²) in [7, 11) is 0. The number of aromatic nitrogens is 1. The van der Waals surface area contributed by atoms with E-state index in [0.717, 1.165) is 6.42 Å². The van der Waals surface area contributed by atoms with E-state index in [1.807, 2.05) is 0 Å². The van der Waals surface area contributed by atoms with Crippen molar-refractivity contribution < 1.29 is 0 Å². The summed E-state index contributed by atoms with van der Waals surface area (Å²) in [4.78, 5) is 3.48. The van der Waals surface area contributed by atoms with Gasteiger partial charge in [0.05, 0.1) is 0 Å². The molecule has 2 aromatic rings. The van der Waals surface area contributed by atoms with E-state index in [4.69, 9.17) is 0 Å². The molecule has 86 valence electrons. The molecule has 0 aliphatic rings. The van der Waals surface area contributed by atoms with Crippen molar-refractivity contribution in [3.8, 4) is 0 Å². The second kappa shape index (κ2) is 3.65. The Hall–Kier alpha value is -1.24. The Kier molecular flexibility index (Phi) is 2.57. The minimum Gasteiger partial charge on any atom is -0.358 e. The highest BCUT2D eigenvalue weighted by Crippen LogP contribution is 2.33. The number of benzene rings is 1. The fourth-order valence-corrected chi connectivity index (χ4v) is 2.56. The van der Waals surface area contributed by atoms with Gasteiger partial charge in [0.15, 0.2) is 0 Å². The molecule has 2 rings (SSSR count). The third-order valence-corrected chi connectivity index (χ3v) is 3.21. The van der Waals surface area contributed by atoms with Crippen LogP contribution in [0.3, 0.4) is 0 Å². The number of nitrogens with one attached hydrogen (secondary N) is 1. The molecule has 0 spiro atoms. The normalized spacial score (nSPS) is 12.3. The lowest BCUT2D eigenvalue weighted by atomic mass is 9.84. The van der Waals surface area contributed by atoms with Crippen LogP contribution in [-0.2, 0) is 11.8 Å². The number of aromatic amines is 1. The van der Waals surface area contributed by atoms with Crippen LogP contribution < -0.4 is 0 Å². The maximum atomic E-state index is 3.48. The third-order valence-electron chi connectivity index (χ3n) is 3.21. The molecular weight excluding hydrogens is 194 g/mol. The molecule has 1 aromatic heterocycles. The van der Waals surface area contributed by atoms with Crippen LogP contribution in [0.1, 0.15) is 44.5 Å². The summed E-state index contributed by atoms with van der Waals surface area (Å²) in [6, 6.07) is 6.75. The largest absolute Gasteiger partial charge is 0.358 e. The highest BCUT2D eigenvalue weighted by atomic mass is 14.7. The van der Waals surface area contributed by atoms with E-state index in [1.54, 1.807) is 0 Å². The second-order valence-corrected chi connectivity index (χ2v) is 5.61. The van der Waals surface area contributed by atoms with Crippen molar-refractivity contribution in [2.45, 2.75) is 46.5 Å². The molecule has 0 saturated carbocycles. The molecule has 1 heteroatoms. The lowest BCUT2D eigenvalue weighted by Crippen LogP contribution is -2.11. The molecule has 1 nitrogen and oxygen atoms in total. The van der Waals surface area contributed by atoms with Crippen LogP contribution >= 0.6 is 0 Å². The standard InChI is InChI=1S/C15H21N/c1-6-11-7-8-13-12(9-11)14(10(2)16-13)15(3,4)5/h7-9,16H,6H2,1-5H3. The van der Waals surface area contributed by atoms with E-state index in [-0.39, 0.29) is 5.41 Å². The van der Waals surface area contributed by atoms with Crippen LogP contribution in [0.25, 0.3) is 10.9 Å². The maximum absolute atomic E-state index is 3.48. The van der Waals surface area contributed by atoms with Crippen LogP contribution in [0.2, 0.25) is 0 Å². The average molecular weight is 215 g/mol. The molecule has 0 radical (unpaired) electrons. The number of hydrogen-bond donors (Lipinski definition) is 1. The topological polar surface area (TPSA) is 15.8 Å². The highest BCUT2D eigenvalue weighted by Gasteiger charge is 2.21. The molecule has 0 bridgehead atoms. The van der Waals surface area contributed by atoms with Crippen LogP contribution in [0.5, 0.6) is 0 Å². The van der Waals surface area contributed by atoms with Gasteiger partial charge < -0.3 is 4.98 Å². The van der Waals surface area contributed by atoms with Gasteiger partial charge >= 0.3 is 0 Å². The summed E-state index contributed by atoms with van der Waals surface area (Å²) in [5.74, 6) is 0. The van der Waals surface area contributed by atoms with Crippen LogP contribution in [0.15, 0.2) is 18.2 Å². The fourth-order valence-electron chi connectivity index (χ4n) is 2.56. The molecule has 1 aromatic carbocycles. The van der Waals surface area contributed by atoms with Crippen molar-refractivity contribution >= 4 is 10.9 Å². The smallest absolute Gasteiger partial charge is 0.0459 e. The minimum absolute atomic E-state index is 0.203. The summed E-state index contributed by atoms with van der Waals surface area (Å²) in [5, 5.41) is 1.39. The highest BCUT2D eigenvalue weighted by molar-refractivity contribution is 5.86. The lowest BCUT2D eigenvalue weighted by Gasteiger charge is -2.19. The van der Waals surface area contributed by atoms with E-state index in [0.29, 0.717) is 0 Å². The molecular formula is C15H21N. The third kappa shape index (κ3) is 1.75. The Bertz CT molecular complexity index is 512. The van der Waals surface area contributed by atoms with Crippen LogP contribution in [0, 0.1) is 6.92 Å². The van der Waals surface area contributed by atoms with E-state index in [1.165, 1.54) is 27.7 Å². The Morgan fingerprint density at radius 1 is 1.19 bits per heavy atom. The summed E-state index contributed by atoms with van der Waals surface area (Å²) in [6.07, 6.45) is 1.10. The average Bonchev–Trinajstić information content (AvgIpc) is 2.51. The van der Waals surface area contributed by atoms with Gasteiger partial charge in [0.2, 0.25) is 0 Å². The first kappa shape index (κ1) is 11.3. The predicted molar refractivity (Wildman–Crippen MR) is 71.1 cm³/mol. The van der Waals surface area contributed by atoms with E-state index < -0.39 is 0 Å². The van der Waals surface area contributed by atoms with Crippen molar-refractivity contribution in [1.29, 1.82) is 0 Å². The molecule has 0 fully saturated rings. The summed E-state index contributed by atoms with van der Waals surface area (Å²) in [6.45, 7) is 11.2. The first-order chi connectivity index (χ1) is 7.43. The SMILES string of the molecule is CCc1ccc2[nH]c(C)c(C(C)(C)C)c2c1. The van der Waals surface area contributed by atoms with Gasteiger partial charge in [-0.1, -0.05) is 33.8 Å². The van der Waals surface area contributed by atoms with Gasteiger partial charge in [-0.05, 0) is 42.0 Å². The first-order valence-corrected chi connectivity index (χ1v) is 6.05. The number of aryl methyl sites for hydroxylation is 2. The van der Waals surface area contributed by atoms with E-state index in [2.05, 4.69) is 57.8 Å². The van der Waals surface area contributed by atoms with E-state index in [9.17, 15) is 0 Å². The second-order valence-electron chi connectivity index (χ2n) is 5.61. The predicted octanol–water partition coefficient (Wildman–Crippen LogP) is 4.34. The van der Waals surface area contributed by atoms with Crippen LogP contribution in [0.4, 0.5) is 0 Å². The lowest BCUT2D eigenvalue weighted by molar-refractivity contribution is 0.591. The zero-order chi connectivity index (χ0) is 11.9. The minimum atomic E-state index is 0.203. The van der Waals surface area contributed by atoms with Gasteiger partial charge in [0.1, 0.15) is 0 Å². The Morgan fingerprint density at radius 3 is 2.44 bits per heavy atom. The Labute approximate surface area is 97.9 Å². The molecule has 1 N–H and O–H groups in total. The Balaban J connectivity index is 2.76. The van der Waals surface area contributed by atoms with Crippen LogP contribution in [-0.4, -0.2) is 4.98 Å². The van der Waals surface area contributed by atoms with Gasteiger partial charge in [-0.3, -0.25) is 0 Å². The molecule has 0 aliphatic carbocycles. The van der Waals surface area contributed by atoms with Gasteiger partial charge in [-0.2, -0.15) is 0 Å². The first-order valence-electron chi connectivity index (χ1n) is 6.05. The van der Waals surface area contributed by atoms with Crippen molar-refractivity contribution in [3.63, 3.8) is 0 Å². The Morgan fingerprint density at radius 2 is 1.88 bits per heavy atom. The van der Waals surface area contributed by atoms with E-state index >= 15 is 0 Å². The summed E-state index contributed by atoms with van der Waals surface area (Å²) < 4.78 is 0. The molecule has 0 unspecified atom stereocenters. The van der Waals surface area contributed by atoms with Gasteiger partial charge in [0.25, 0.3) is 0 Å². The number of fused-ring (bicyclic) bond motifs is 1. The van der Waals surface area contributed by atoms with Crippen molar-refractivity contribution in [3.05, 3.63) is 35.0 Å². The summed E-state index contributed by atoms with van der Waals surface area (Å²) in [5.41, 5.74) is 5.64. The molecule has 16 heavy (non-hydrogen) atoms. The maximum Gasteiger partial charge on any atom is 0.0459 e. The number of rotatable bonds is 1. The van der Waals surface area contributed by atoms with Gasteiger partial charge in [-0.15, -0.1) is 0 Å². The molecule has 0 saturated heterocycles. The molecule has 0 aliphatic heterocycles. The fraction of sp³-hybridized carbons (Fsp3) is 0.467. The van der Waals surface area contributed by atoms with Crippen molar-refractivity contribution in [2.24, 2.45) is 0 Å². The van der Waals surface area contributed by atoms with Crippen molar-refractivity contribution in [1.82, 2.24) is 4.98 Å². The molecule has 0 amide bonds. The zero-order valence-electron chi connectivity index (χ0n) is 10.9. The summed E-state index contributed by atoms with van der Waals surface area (Å²) >= 11 is 0. The quantitative estimate of drug-likeness (QED) is 0.728. The number of H-pyrrole nitrogens is 1. The molecule has 1 heterocycles. The van der Waals surface area contributed by atoms with Crippen molar-refractivity contribution in [2.75, 3.05) is 0 Å². The van der Waals surface area contributed by atoms with Gasteiger partial charge in [0, 0.05) is 16.6 Å². The number of hydrogen-bond acceptors (Lipinski definition) is 0. The zero-order valence-corrected chi connectivity index (χ0v) is 10.9. The monoisotopic (exact) mass is 215 g/mol. The molecule has 0 atom stereocenters.